The number of hydrogen-bond acceptors (Lipinski definition) is 6. The highest BCUT2D eigenvalue weighted by Crippen LogP contribution is 2.46. The summed E-state index contributed by atoms with van der Waals surface area (Å²) in [6.45, 7) is 9.17. The van der Waals surface area contributed by atoms with E-state index in [4.69, 9.17) is 9.47 Å². The van der Waals surface area contributed by atoms with Crippen molar-refractivity contribution in [1.29, 1.82) is 0 Å². The fourth-order valence-electron chi connectivity index (χ4n) is 4.23. The quantitative estimate of drug-likeness (QED) is 0.567. The van der Waals surface area contributed by atoms with E-state index in [1.165, 1.54) is 6.08 Å². The van der Waals surface area contributed by atoms with Crippen LogP contribution in [-0.4, -0.2) is 46.1 Å². The molecule has 2 bridgehead atoms. The lowest BCUT2D eigenvalue weighted by Crippen LogP contribution is -2.47. The first-order valence-corrected chi connectivity index (χ1v) is 9.05. The number of hydrogen-bond donors (Lipinski definition) is 1. The van der Waals surface area contributed by atoms with E-state index in [0.717, 1.165) is 5.57 Å². The number of allylic oxidation sites excluding steroid dienone is 3. The van der Waals surface area contributed by atoms with Crippen LogP contribution in [0.1, 0.15) is 52.9 Å². The normalized spacial score (nSPS) is 43.0. The molecule has 0 spiro atoms. The molecule has 3 aliphatic heterocycles. The van der Waals surface area contributed by atoms with Crippen LogP contribution in [0, 0.1) is 5.92 Å². The summed E-state index contributed by atoms with van der Waals surface area (Å²) in [5.41, 5.74) is -1.37. The van der Waals surface area contributed by atoms with Crippen molar-refractivity contribution >= 4 is 17.5 Å². The first kappa shape index (κ1) is 19.0. The van der Waals surface area contributed by atoms with E-state index >= 15 is 0 Å². The molecule has 0 unspecified atom stereocenters. The minimum Gasteiger partial charge on any atom is -0.457 e. The Bertz CT molecular complexity index is 707. The Labute approximate surface area is 153 Å². The van der Waals surface area contributed by atoms with Gasteiger partial charge in [0, 0.05) is 19.3 Å². The highest BCUT2D eigenvalue weighted by atomic mass is 16.6. The average Bonchev–Trinajstić information content (AvgIpc) is 2.95. The predicted molar refractivity (Wildman–Crippen MR) is 93.3 cm³/mol. The Morgan fingerprint density at radius 1 is 1.35 bits per heavy atom. The van der Waals surface area contributed by atoms with E-state index in [9.17, 15) is 19.5 Å². The zero-order valence-corrected chi connectivity index (χ0v) is 15.5. The summed E-state index contributed by atoms with van der Waals surface area (Å²) in [6, 6.07) is 0. The lowest BCUT2D eigenvalue weighted by Gasteiger charge is -2.30. The molecule has 0 aliphatic carbocycles. The highest BCUT2D eigenvalue weighted by molar-refractivity contribution is 6.02. The van der Waals surface area contributed by atoms with Crippen molar-refractivity contribution in [2.24, 2.45) is 5.92 Å². The number of carbonyl (C=O) groups excluding carboxylic acids is 3. The number of esters is 1. The molecule has 2 saturated heterocycles. The summed E-state index contributed by atoms with van der Waals surface area (Å²) in [5, 5.41) is 11.0. The fraction of sp³-hybridized carbons (Fsp3) is 0.650. The molecule has 26 heavy (non-hydrogen) atoms. The maximum Gasteiger partial charge on any atom is 0.341 e. The first-order valence-electron chi connectivity index (χ1n) is 9.05. The first-order chi connectivity index (χ1) is 12.0. The Morgan fingerprint density at radius 3 is 2.69 bits per heavy atom. The predicted octanol–water partition coefficient (Wildman–Crippen LogP) is 2.04. The Kier molecular flexibility index (Phi) is 4.69. The van der Waals surface area contributed by atoms with Crippen LogP contribution in [0.3, 0.4) is 0 Å². The molecule has 0 amide bonds. The molecule has 1 N–H and O–H groups in total. The number of fused-ring (bicyclic) bond motifs is 1. The molecule has 142 valence electrons. The van der Waals surface area contributed by atoms with Crippen molar-refractivity contribution in [3.63, 3.8) is 0 Å². The SMILES string of the molecule is C=C(C)[C@H]1CC[C@]2(O)C(=O)O[C@@H]3C[C@](C)(CC(=O)/C=C(/C)C(=O)C1)O[C@@H]32. The number of rotatable bonds is 1. The third-order valence-electron chi connectivity index (χ3n) is 5.83. The molecule has 0 radical (unpaired) electrons. The molecular formula is C20H26O6. The number of carbonyl (C=O) groups is 3. The van der Waals surface area contributed by atoms with Gasteiger partial charge >= 0.3 is 5.97 Å². The van der Waals surface area contributed by atoms with Crippen molar-refractivity contribution in [2.75, 3.05) is 0 Å². The second-order valence-corrected chi connectivity index (χ2v) is 8.24. The smallest absolute Gasteiger partial charge is 0.341 e. The van der Waals surface area contributed by atoms with Crippen LogP contribution < -0.4 is 0 Å². The summed E-state index contributed by atoms with van der Waals surface area (Å²) in [6.07, 6.45) is 1.19. The zero-order chi connectivity index (χ0) is 19.3. The minimum absolute atomic E-state index is 0.0716. The van der Waals surface area contributed by atoms with E-state index in [1.54, 1.807) is 13.8 Å². The van der Waals surface area contributed by atoms with Gasteiger partial charge in [0.15, 0.2) is 17.2 Å². The van der Waals surface area contributed by atoms with Gasteiger partial charge in [-0.1, -0.05) is 12.2 Å². The Morgan fingerprint density at radius 2 is 2.04 bits per heavy atom. The van der Waals surface area contributed by atoms with Gasteiger partial charge in [0.05, 0.1) is 5.60 Å². The minimum atomic E-state index is -1.75. The molecule has 0 aromatic heterocycles. The molecule has 3 rings (SSSR count). The summed E-state index contributed by atoms with van der Waals surface area (Å²) < 4.78 is 11.4. The van der Waals surface area contributed by atoms with Gasteiger partial charge in [-0.05, 0) is 51.2 Å². The second-order valence-electron chi connectivity index (χ2n) is 8.24. The molecule has 0 saturated carbocycles. The molecule has 0 aromatic rings. The standard InChI is InChI=1S/C20H26O6/c1-11(2)13-5-6-20(24)17-16(25-18(20)23)10-19(4,26-17)9-14(21)7-12(3)15(22)8-13/h7,13,16-17,24H,1,5-6,8-10H2,2-4H3/b12-7-/t13-,16+,17-,19-,20+/m0/s1. The van der Waals surface area contributed by atoms with E-state index < -0.39 is 29.4 Å². The van der Waals surface area contributed by atoms with Crippen LogP contribution in [0.5, 0.6) is 0 Å². The summed E-state index contributed by atoms with van der Waals surface area (Å²) in [5.74, 6) is -1.21. The van der Waals surface area contributed by atoms with Crippen LogP contribution in [-0.2, 0) is 23.9 Å². The second kappa shape index (κ2) is 6.43. The lowest BCUT2D eigenvalue weighted by atomic mass is 9.82. The van der Waals surface area contributed by atoms with Gasteiger partial charge in [-0.2, -0.15) is 0 Å². The maximum absolute atomic E-state index is 12.5. The monoisotopic (exact) mass is 362 g/mol. The van der Waals surface area contributed by atoms with E-state index in [1.807, 2.05) is 6.92 Å². The number of ketones is 2. The average molecular weight is 362 g/mol. The van der Waals surface area contributed by atoms with Gasteiger partial charge in [0.25, 0.3) is 0 Å². The van der Waals surface area contributed by atoms with E-state index in [2.05, 4.69) is 6.58 Å². The van der Waals surface area contributed by atoms with Crippen molar-refractivity contribution in [3.05, 3.63) is 23.8 Å². The molecule has 3 aliphatic rings. The van der Waals surface area contributed by atoms with Crippen LogP contribution >= 0.6 is 0 Å². The Hall–Kier alpha value is -1.79. The molecule has 3 heterocycles. The van der Waals surface area contributed by atoms with Crippen LogP contribution in [0.25, 0.3) is 0 Å². The van der Waals surface area contributed by atoms with E-state index in [0.29, 0.717) is 18.4 Å². The van der Waals surface area contributed by atoms with Crippen molar-refractivity contribution in [1.82, 2.24) is 0 Å². The third-order valence-corrected chi connectivity index (χ3v) is 5.83. The highest BCUT2D eigenvalue weighted by Gasteiger charge is 2.63. The third kappa shape index (κ3) is 3.28. The van der Waals surface area contributed by atoms with E-state index in [-0.39, 0.29) is 36.7 Å². The topological polar surface area (TPSA) is 89.9 Å². The van der Waals surface area contributed by atoms with Crippen molar-refractivity contribution < 1.29 is 29.0 Å². The summed E-state index contributed by atoms with van der Waals surface area (Å²) in [4.78, 5) is 37.2. The van der Waals surface area contributed by atoms with Gasteiger partial charge in [-0.25, -0.2) is 4.79 Å². The van der Waals surface area contributed by atoms with Gasteiger partial charge < -0.3 is 14.6 Å². The molecule has 6 nitrogen and oxygen atoms in total. The van der Waals surface area contributed by atoms with Gasteiger partial charge in [-0.3, -0.25) is 9.59 Å². The number of ether oxygens (including phenoxy) is 2. The summed E-state index contributed by atoms with van der Waals surface area (Å²) in [7, 11) is 0. The van der Waals surface area contributed by atoms with Crippen LogP contribution in [0.15, 0.2) is 23.8 Å². The molecule has 2 fully saturated rings. The van der Waals surface area contributed by atoms with Gasteiger partial charge in [-0.15, -0.1) is 0 Å². The van der Waals surface area contributed by atoms with Gasteiger partial charge in [0.2, 0.25) is 0 Å². The van der Waals surface area contributed by atoms with Crippen LogP contribution in [0.2, 0.25) is 0 Å². The molecule has 0 aromatic carbocycles. The van der Waals surface area contributed by atoms with Crippen molar-refractivity contribution in [3.8, 4) is 0 Å². The lowest BCUT2D eigenvalue weighted by molar-refractivity contribution is -0.168. The largest absolute Gasteiger partial charge is 0.457 e. The fourth-order valence-corrected chi connectivity index (χ4v) is 4.23. The number of aliphatic hydroxyl groups is 1. The van der Waals surface area contributed by atoms with Gasteiger partial charge in [0.1, 0.15) is 12.2 Å². The molecular weight excluding hydrogens is 336 g/mol. The number of Topliss-reactive ketones (excluding diaryl/α,β-unsaturated/α-hetero) is 1. The van der Waals surface area contributed by atoms with Crippen molar-refractivity contribution in [2.45, 2.75) is 76.3 Å². The Balaban J connectivity index is 1.97. The molecule has 5 atom stereocenters. The summed E-state index contributed by atoms with van der Waals surface area (Å²) >= 11 is 0. The maximum atomic E-state index is 12.5. The van der Waals surface area contributed by atoms with Crippen LogP contribution in [0.4, 0.5) is 0 Å². The molecule has 6 heteroatoms. The zero-order valence-electron chi connectivity index (χ0n) is 15.5.